The minimum Gasteiger partial charge on any atom is -0.344 e. The van der Waals surface area contributed by atoms with Gasteiger partial charge in [-0.15, -0.1) is 11.3 Å². The van der Waals surface area contributed by atoms with Crippen molar-refractivity contribution >= 4 is 22.9 Å². The van der Waals surface area contributed by atoms with E-state index in [2.05, 4.69) is 10.3 Å². The van der Waals surface area contributed by atoms with Crippen molar-refractivity contribution in [3.8, 4) is 10.6 Å². The summed E-state index contributed by atoms with van der Waals surface area (Å²) in [6, 6.07) is 13.8. The summed E-state index contributed by atoms with van der Waals surface area (Å²) in [7, 11) is 0. The van der Waals surface area contributed by atoms with Crippen LogP contribution in [0.4, 0.5) is 5.69 Å². The lowest BCUT2D eigenvalue weighted by molar-refractivity contribution is -0.384. The average molecular weight is 367 g/mol. The molecular weight excluding hydrogens is 350 g/mol. The molecule has 0 aliphatic carbocycles. The van der Waals surface area contributed by atoms with E-state index in [1.165, 1.54) is 23.5 Å². The number of aryl methyl sites for hydroxylation is 1. The van der Waals surface area contributed by atoms with Crippen LogP contribution in [0.5, 0.6) is 0 Å². The number of thiazole rings is 1. The smallest absolute Gasteiger partial charge is 0.271 e. The standard InChI is InChI=1S/C19H17N3O3S/c1-12-6-8-14(9-7-12)19-21-17(11-26-19)18(23)20-13(2)15-4-3-5-16(10-15)22(24)25/h3-11,13H,1-2H3,(H,20,23). The number of carbonyl (C=O) groups is 1. The number of benzene rings is 2. The van der Waals surface area contributed by atoms with E-state index in [1.54, 1.807) is 24.4 Å². The van der Waals surface area contributed by atoms with Crippen LogP contribution in [0.2, 0.25) is 0 Å². The topological polar surface area (TPSA) is 85.1 Å². The second-order valence-corrected chi connectivity index (χ2v) is 6.81. The number of nitro benzene ring substituents is 1. The van der Waals surface area contributed by atoms with Gasteiger partial charge in [-0.25, -0.2) is 4.98 Å². The molecule has 26 heavy (non-hydrogen) atoms. The molecular formula is C19H17N3O3S. The number of carbonyl (C=O) groups excluding carboxylic acids is 1. The van der Waals surface area contributed by atoms with Gasteiger partial charge in [0.05, 0.1) is 11.0 Å². The zero-order chi connectivity index (χ0) is 18.7. The van der Waals surface area contributed by atoms with Crippen molar-refractivity contribution in [1.82, 2.24) is 10.3 Å². The van der Waals surface area contributed by atoms with Gasteiger partial charge in [0.1, 0.15) is 10.7 Å². The number of hydrogen-bond donors (Lipinski definition) is 1. The number of nitrogens with one attached hydrogen (secondary N) is 1. The third-order valence-corrected chi connectivity index (χ3v) is 4.86. The van der Waals surface area contributed by atoms with Crippen LogP contribution >= 0.6 is 11.3 Å². The molecule has 0 aliphatic heterocycles. The highest BCUT2D eigenvalue weighted by molar-refractivity contribution is 7.13. The van der Waals surface area contributed by atoms with Crippen molar-refractivity contribution in [2.45, 2.75) is 19.9 Å². The Bertz CT molecular complexity index is 951. The third kappa shape index (κ3) is 3.94. The molecule has 1 aromatic heterocycles. The lowest BCUT2D eigenvalue weighted by Crippen LogP contribution is -2.26. The van der Waals surface area contributed by atoms with Crippen LogP contribution in [0, 0.1) is 17.0 Å². The molecule has 3 rings (SSSR count). The molecule has 0 aliphatic rings. The van der Waals surface area contributed by atoms with Crippen molar-refractivity contribution in [3.05, 3.63) is 80.8 Å². The predicted molar refractivity (Wildman–Crippen MR) is 101 cm³/mol. The maximum atomic E-state index is 12.4. The quantitative estimate of drug-likeness (QED) is 0.531. The molecule has 2 aromatic carbocycles. The fraction of sp³-hybridized carbons (Fsp3) is 0.158. The van der Waals surface area contributed by atoms with Gasteiger partial charge < -0.3 is 5.32 Å². The van der Waals surface area contributed by atoms with Crippen LogP contribution in [0.3, 0.4) is 0 Å². The summed E-state index contributed by atoms with van der Waals surface area (Å²) >= 11 is 1.40. The number of amides is 1. The van der Waals surface area contributed by atoms with Gasteiger partial charge in [0.25, 0.3) is 11.6 Å². The molecule has 0 fully saturated rings. The molecule has 1 N–H and O–H groups in total. The summed E-state index contributed by atoms with van der Waals surface area (Å²) < 4.78 is 0. The predicted octanol–water partition coefficient (Wildman–Crippen LogP) is 4.52. The molecule has 0 saturated carbocycles. The Morgan fingerprint density at radius 1 is 1.23 bits per heavy atom. The first-order valence-corrected chi connectivity index (χ1v) is 8.90. The molecule has 6 nitrogen and oxygen atoms in total. The fourth-order valence-corrected chi connectivity index (χ4v) is 3.27. The Labute approximate surface area is 154 Å². The highest BCUT2D eigenvalue weighted by atomic mass is 32.1. The highest BCUT2D eigenvalue weighted by Gasteiger charge is 2.17. The van der Waals surface area contributed by atoms with Crippen molar-refractivity contribution < 1.29 is 9.72 Å². The Hall–Kier alpha value is -3.06. The largest absolute Gasteiger partial charge is 0.344 e. The molecule has 1 unspecified atom stereocenters. The number of nitrogens with zero attached hydrogens (tertiary/aromatic N) is 2. The van der Waals surface area contributed by atoms with E-state index in [4.69, 9.17) is 0 Å². The number of non-ortho nitro benzene ring substituents is 1. The number of hydrogen-bond acceptors (Lipinski definition) is 5. The maximum Gasteiger partial charge on any atom is 0.271 e. The normalized spacial score (nSPS) is 11.8. The first-order valence-electron chi connectivity index (χ1n) is 8.02. The first-order chi connectivity index (χ1) is 12.4. The Morgan fingerprint density at radius 2 is 1.96 bits per heavy atom. The van der Waals surface area contributed by atoms with Crippen LogP contribution in [0.1, 0.15) is 34.6 Å². The number of nitro groups is 1. The summed E-state index contributed by atoms with van der Waals surface area (Å²) in [6.07, 6.45) is 0. The van der Waals surface area contributed by atoms with E-state index < -0.39 is 4.92 Å². The van der Waals surface area contributed by atoms with E-state index in [0.29, 0.717) is 11.3 Å². The zero-order valence-corrected chi connectivity index (χ0v) is 15.1. The van der Waals surface area contributed by atoms with Gasteiger partial charge in [-0.05, 0) is 19.4 Å². The summed E-state index contributed by atoms with van der Waals surface area (Å²) in [6.45, 7) is 3.80. The van der Waals surface area contributed by atoms with Gasteiger partial charge in [-0.3, -0.25) is 14.9 Å². The molecule has 1 amide bonds. The van der Waals surface area contributed by atoms with Crippen molar-refractivity contribution in [1.29, 1.82) is 0 Å². The second-order valence-electron chi connectivity index (χ2n) is 5.95. The van der Waals surface area contributed by atoms with Crippen molar-refractivity contribution in [2.24, 2.45) is 0 Å². The van der Waals surface area contributed by atoms with Crippen molar-refractivity contribution in [2.75, 3.05) is 0 Å². The van der Waals surface area contributed by atoms with Gasteiger partial charge in [0.2, 0.25) is 0 Å². The number of rotatable bonds is 5. The molecule has 0 bridgehead atoms. The molecule has 0 radical (unpaired) electrons. The molecule has 132 valence electrons. The van der Waals surface area contributed by atoms with Crippen LogP contribution in [0.25, 0.3) is 10.6 Å². The van der Waals surface area contributed by atoms with Crippen LogP contribution in [0.15, 0.2) is 53.9 Å². The van der Waals surface area contributed by atoms with Crippen LogP contribution in [-0.2, 0) is 0 Å². The summed E-state index contributed by atoms with van der Waals surface area (Å²) in [5.41, 5.74) is 3.13. The van der Waals surface area contributed by atoms with Gasteiger partial charge in [-0.2, -0.15) is 0 Å². The van der Waals surface area contributed by atoms with E-state index in [1.807, 2.05) is 31.2 Å². The molecule has 1 atom stereocenters. The van der Waals surface area contributed by atoms with E-state index in [0.717, 1.165) is 16.1 Å². The molecule has 0 saturated heterocycles. The van der Waals surface area contributed by atoms with Crippen molar-refractivity contribution in [3.63, 3.8) is 0 Å². The Kier molecular flexibility index (Phi) is 5.09. The average Bonchev–Trinajstić information content (AvgIpc) is 3.12. The second kappa shape index (κ2) is 7.45. The van der Waals surface area contributed by atoms with E-state index in [-0.39, 0.29) is 17.6 Å². The SMILES string of the molecule is Cc1ccc(-c2nc(C(=O)NC(C)c3cccc([N+](=O)[O-])c3)cs2)cc1. The summed E-state index contributed by atoms with van der Waals surface area (Å²) in [5.74, 6) is -0.307. The van der Waals surface area contributed by atoms with Gasteiger partial charge >= 0.3 is 0 Å². The Balaban J connectivity index is 1.73. The Morgan fingerprint density at radius 3 is 2.65 bits per heavy atom. The zero-order valence-electron chi connectivity index (χ0n) is 14.3. The minimum atomic E-state index is -0.452. The minimum absolute atomic E-state index is 0.00100. The highest BCUT2D eigenvalue weighted by Crippen LogP contribution is 2.25. The summed E-state index contributed by atoms with van der Waals surface area (Å²) in [5, 5.41) is 16.2. The molecule has 0 spiro atoms. The third-order valence-electron chi connectivity index (χ3n) is 3.96. The van der Waals surface area contributed by atoms with Crippen LogP contribution < -0.4 is 5.32 Å². The lowest BCUT2D eigenvalue weighted by atomic mass is 10.1. The summed E-state index contributed by atoms with van der Waals surface area (Å²) in [4.78, 5) is 27.3. The number of aromatic nitrogens is 1. The van der Waals surface area contributed by atoms with Gasteiger partial charge in [0.15, 0.2) is 0 Å². The molecule has 3 aromatic rings. The lowest BCUT2D eigenvalue weighted by Gasteiger charge is -2.13. The van der Waals surface area contributed by atoms with Crippen LogP contribution in [-0.4, -0.2) is 15.8 Å². The van der Waals surface area contributed by atoms with E-state index in [9.17, 15) is 14.9 Å². The van der Waals surface area contributed by atoms with Gasteiger partial charge in [-0.1, -0.05) is 42.0 Å². The molecule has 7 heteroatoms. The monoisotopic (exact) mass is 367 g/mol. The maximum absolute atomic E-state index is 12.4. The van der Waals surface area contributed by atoms with Gasteiger partial charge in [0, 0.05) is 23.1 Å². The first kappa shape index (κ1) is 17.8. The fourth-order valence-electron chi connectivity index (χ4n) is 2.47. The van der Waals surface area contributed by atoms with E-state index >= 15 is 0 Å². The molecule has 1 heterocycles.